The Morgan fingerprint density at radius 3 is 2.31 bits per heavy atom. The van der Waals surface area contributed by atoms with Crippen molar-refractivity contribution in [3.63, 3.8) is 0 Å². The first-order valence-electron chi connectivity index (χ1n) is 8.00. The number of aromatic carboxylic acids is 1. The molecule has 26 heavy (non-hydrogen) atoms. The highest BCUT2D eigenvalue weighted by Crippen LogP contribution is 2.28. The van der Waals surface area contributed by atoms with E-state index in [1.165, 1.54) is 18.5 Å². The van der Waals surface area contributed by atoms with Crippen LogP contribution >= 0.6 is 0 Å². The van der Waals surface area contributed by atoms with Crippen LogP contribution in [-0.4, -0.2) is 61.6 Å². The number of nitrogens with one attached hydrogen (secondary N) is 1. The lowest BCUT2D eigenvalue weighted by molar-refractivity contribution is 0.0697. The van der Waals surface area contributed by atoms with E-state index in [2.05, 4.69) is 15.3 Å². The molecule has 1 aromatic carbocycles. The van der Waals surface area contributed by atoms with Gasteiger partial charge in [-0.05, 0) is 24.3 Å². The highest BCUT2D eigenvalue weighted by Gasteiger charge is 2.15. The van der Waals surface area contributed by atoms with Crippen molar-refractivity contribution in [2.45, 2.75) is 0 Å². The van der Waals surface area contributed by atoms with Gasteiger partial charge in [-0.25, -0.2) is 14.8 Å². The smallest absolute Gasteiger partial charge is 0.335 e. The van der Waals surface area contributed by atoms with Gasteiger partial charge >= 0.3 is 5.97 Å². The van der Waals surface area contributed by atoms with Crippen LogP contribution in [0.3, 0.4) is 0 Å². The summed E-state index contributed by atoms with van der Waals surface area (Å²) in [6, 6.07) is 6.31. The zero-order valence-corrected chi connectivity index (χ0v) is 14.8. The normalized spacial score (nSPS) is 10.5. The van der Waals surface area contributed by atoms with Crippen molar-refractivity contribution in [3.8, 4) is 0 Å². The summed E-state index contributed by atoms with van der Waals surface area (Å²) in [5.74, 6) is 0.0454. The minimum atomic E-state index is -0.979. The van der Waals surface area contributed by atoms with Crippen LogP contribution in [0.2, 0.25) is 0 Å². The van der Waals surface area contributed by atoms with E-state index in [0.717, 1.165) is 0 Å². The number of carboxylic acids is 1. The van der Waals surface area contributed by atoms with Gasteiger partial charge in [0.1, 0.15) is 12.0 Å². The average Bonchev–Trinajstić information content (AvgIpc) is 2.64. The van der Waals surface area contributed by atoms with Crippen molar-refractivity contribution in [1.82, 2.24) is 9.97 Å². The summed E-state index contributed by atoms with van der Waals surface area (Å²) in [5, 5.41) is 12.0. The maximum absolute atomic E-state index is 10.9. The number of nitrogens with two attached hydrogens (primary N) is 1. The summed E-state index contributed by atoms with van der Waals surface area (Å²) < 4.78 is 10.3. The Hall–Kier alpha value is -2.91. The molecular formula is C17H23N5O4. The van der Waals surface area contributed by atoms with Gasteiger partial charge < -0.3 is 30.5 Å². The number of nitrogen functional groups attached to an aromatic ring is 1. The highest BCUT2D eigenvalue weighted by atomic mass is 16.5. The minimum Gasteiger partial charge on any atom is -0.478 e. The Kier molecular flexibility index (Phi) is 7.12. The van der Waals surface area contributed by atoms with Gasteiger partial charge in [-0.2, -0.15) is 0 Å². The number of carbonyl (C=O) groups is 1. The van der Waals surface area contributed by atoms with Crippen molar-refractivity contribution >= 4 is 29.0 Å². The SMILES string of the molecule is COCCN(CCOC)c1ncnc(Nc2ccc(C(=O)O)cc2)c1N. The van der Waals surface area contributed by atoms with Gasteiger partial charge in [-0.3, -0.25) is 0 Å². The molecule has 4 N–H and O–H groups in total. The fraction of sp³-hybridized carbons (Fsp3) is 0.353. The van der Waals surface area contributed by atoms with Gasteiger partial charge in [0, 0.05) is 33.0 Å². The van der Waals surface area contributed by atoms with E-state index in [1.807, 2.05) is 4.90 Å². The van der Waals surface area contributed by atoms with E-state index in [-0.39, 0.29) is 5.56 Å². The van der Waals surface area contributed by atoms with Crippen LogP contribution in [0.15, 0.2) is 30.6 Å². The van der Waals surface area contributed by atoms with Crippen molar-refractivity contribution in [2.24, 2.45) is 0 Å². The number of methoxy groups -OCH3 is 2. The summed E-state index contributed by atoms with van der Waals surface area (Å²) in [6.45, 7) is 2.25. The largest absolute Gasteiger partial charge is 0.478 e. The summed E-state index contributed by atoms with van der Waals surface area (Å²) in [7, 11) is 3.26. The Morgan fingerprint density at radius 2 is 1.77 bits per heavy atom. The van der Waals surface area contributed by atoms with E-state index < -0.39 is 5.97 Å². The van der Waals surface area contributed by atoms with E-state index in [4.69, 9.17) is 20.3 Å². The summed E-state index contributed by atoms with van der Waals surface area (Å²) in [5.41, 5.74) is 7.52. The zero-order valence-electron chi connectivity index (χ0n) is 14.8. The molecule has 0 saturated heterocycles. The monoisotopic (exact) mass is 361 g/mol. The molecule has 1 heterocycles. The van der Waals surface area contributed by atoms with Gasteiger partial charge in [0.25, 0.3) is 0 Å². The van der Waals surface area contributed by atoms with Gasteiger partial charge in [-0.1, -0.05) is 0 Å². The number of ether oxygens (including phenoxy) is 2. The third-order valence-electron chi connectivity index (χ3n) is 3.69. The van der Waals surface area contributed by atoms with E-state index in [1.54, 1.807) is 26.4 Å². The Labute approximate surface area is 151 Å². The topological polar surface area (TPSA) is 123 Å². The van der Waals surface area contributed by atoms with Crippen molar-refractivity contribution < 1.29 is 19.4 Å². The second-order valence-corrected chi connectivity index (χ2v) is 5.44. The fourth-order valence-electron chi connectivity index (χ4n) is 2.30. The predicted octanol–water partition coefficient (Wildman–Crippen LogP) is 1.60. The number of benzene rings is 1. The molecule has 1 aromatic heterocycles. The predicted molar refractivity (Wildman–Crippen MR) is 99.1 cm³/mol. The number of aromatic nitrogens is 2. The fourth-order valence-corrected chi connectivity index (χ4v) is 2.30. The van der Waals surface area contributed by atoms with Crippen LogP contribution in [0.1, 0.15) is 10.4 Å². The van der Waals surface area contributed by atoms with E-state index in [0.29, 0.717) is 49.3 Å². The highest BCUT2D eigenvalue weighted by molar-refractivity contribution is 5.88. The molecule has 0 aliphatic rings. The lowest BCUT2D eigenvalue weighted by Crippen LogP contribution is -2.32. The maximum Gasteiger partial charge on any atom is 0.335 e. The molecule has 0 unspecified atom stereocenters. The molecule has 9 nitrogen and oxygen atoms in total. The number of hydrogen-bond donors (Lipinski definition) is 3. The first-order chi connectivity index (χ1) is 12.6. The number of rotatable bonds is 10. The second kappa shape index (κ2) is 9.54. The molecule has 0 bridgehead atoms. The first kappa shape index (κ1) is 19.4. The van der Waals surface area contributed by atoms with Crippen molar-refractivity contribution in [1.29, 1.82) is 0 Å². The van der Waals surface area contributed by atoms with Gasteiger partial charge in [0.15, 0.2) is 11.6 Å². The molecule has 0 atom stereocenters. The van der Waals surface area contributed by atoms with Crippen LogP contribution in [0.5, 0.6) is 0 Å². The van der Waals surface area contributed by atoms with Gasteiger partial charge in [0.2, 0.25) is 0 Å². The molecule has 140 valence electrons. The number of hydrogen-bond acceptors (Lipinski definition) is 8. The van der Waals surface area contributed by atoms with Gasteiger partial charge in [-0.15, -0.1) is 0 Å². The molecule has 0 radical (unpaired) electrons. The van der Waals surface area contributed by atoms with E-state index in [9.17, 15) is 4.79 Å². The molecule has 0 saturated carbocycles. The average molecular weight is 361 g/mol. The van der Waals surface area contributed by atoms with Crippen LogP contribution in [0.25, 0.3) is 0 Å². The molecular weight excluding hydrogens is 338 g/mol. The van der Waals surface area contributed by atoms with Crippen LogP contribution in [0.4, 0.5) is 23.0 Å². The second-order valence-electron chi connectivity index (χ2n) is 5.44. The summed E-state index contributed by atoms with van der Waals surface area (Å²) in [4.78, 5) is 21.4. The summed E-state index contributed by atoms with van der Waals surface area (Å²) in [6.07, 6.45) is 1.42. The quantitative estimate of drug-likeness (QED) is 0.579. The Balaban J connectivity index is 2.21. The number of anilines is 4. The molecule has 0 fully saturated rings. The molecule has 0 aliphatic carbocycles. The van der Waals surface area contributed by atoms with Gasteiger partial charge in [0.05, 0.1) is 18.8 Å². The maximum atomic E-state index is 10.9. The lowest BCUT2D eigenvalue weighted by Gasteiger charge is -2.25. The minimum absolute atomic E-state index is 0.206. The summed E-state index contributed by atoms with van der Waals surface area (Å²) >= 11 is 0. The molecule has 2 aromatic rings. The standard InChI is InChI=1S/C17H23N5O4/c1-25-9-7-22(8-10-26-2)16-14(18)15(19-11-20-16)21-13-5-3-12(4-6-13)17(23)24/h3-6,11H,7-10,18H2,1-2H3,(H,23,24)(H,19,20,21). The first-order valence-corrected chi connectivity index (χ1v) is 8.00. The molecule has 0 amide bonds. The Bertz CT molecular complexity index is 716. The molecule has 9 heteroatoms. The van der Waals surface area contributed by atoms with Crippen LogP contribution < -0.4 is 16.0 Å². The molecule has 0 aliphatic heterocycles. The zero-order chi connectivity index (χ0) is 18.9. The van der Waals surface area contributed by atoms with Crippen molar-refractivity contribution in [3.05, 3.63) is 36.2 Å². The van der Waals surface area contributed by atoms with E-state index >= 15 is 0 Å². The number of nitrogens with zero attached hydrogens (tertiary/aromatic N) is 3. The number of carboxylic acid groups (broad SMARTS) is 1. The Morgan fingerprint density at radius 1 is 1.15 bits per heavy atom. The third-order valence-corrected chi connectivity index (χ3v) is 3.69. The molecule has 2 rings (SSSR count). The van der Waals surface area contributed by atoms with Crippen LogP contribution in [0, 0.1) is 0 Å². The lowest BCUT2D eigenvalue weighted by atomic mass is 10.2. The van der Waals surface area contributed by atoms with Crippen LogP contribution in [-0.2, 0) is 9.47 Å². The van der Waals surface area contributed by atoms with Crippen molar-refractivity contribution in [2.75, 3.05) is 56.5 Å². The molecule has 0 spiro atoms. The third kappa shape index (κ3) is 5.04.